The SMILES string of the molecule is CCn1cc(Br)cc1C(=O)N1CCC(C(=O)N2CCCCCC2)CC1. The third kappa shape index (κ3) is 4.27. The Morgan fingerprint density at radius 3 is 2.28 bits per heavy atom. The average Bonchev–Trinajstić information content (AvgIpc) is 2.84. The summed E-state index contributed by atoms with van der Waals surface area (Å²) in [5.74, 6) is 0.480. The molecule has 0 aliphatic carbocycles. The van der Waals surface area contributed by atoms with Crippen LogP contribution in [0.5, 0.6) is 0 Å². The van der Waals surface area contributed by atoms with Crippen molar-refractivity contribution in [2.45, 2.75) is 52.0 Å². The maximum absolute atomic E-state index is 12.8. The quantitative estimate of drug-likeness (QED) is 0.766. The van der Waals surface area contributed by atoms with Crippen LogP contribution >= 0.6 is 15.9 Å². The number of carbonyl (C=O) groups excluding carboxylic acids is 2. The lowest BCUT2D eigenvalue weighted by atomic mass is 9.95. The summed E-state index contributed by atoms with van der Waals surface area (Å²) in [6.07, 6.45) is 8.26. The number of nitrogens with zero attached hydrogens (tertiary/aromatic N) is 3. The highest BCUT2D eigenvalue weighted by Crippen LogP contribution is 2.24. The molecular weight excluding hydrogens is 382 g/mol. The van der Waals surface area contributed by atoms with Gasteiger partial charge in [-0.2, -0.15) is 0 Å². The number of piperidine rings is 1. The first-order chi connectivity index (χ1) is 12.1. The number of aromatic nitrogens is 1. The number of rotatable bonds is 3. The molecule has 0 aromatic carbocycles. The average molecular weight is 410 g/mol. The van der Waals surface area contributed by atoms with Crippen molar-refractivity contribution in [3.05, 3.63) is 22.4 Å². The molecule has 1 aromatic heterocycles. The summed E-state index contributed by atoms with van der Waals surface area (Å²) in [5, 5.41) is 0. The van der Waals surface area contributed by atoms with Crippen LogP contribution in [0, 0.1) is 5.92 Å². The fourth-order valence-electron chi connectivity index (χ4n) is 3.96. The van der Waals surface area contributed by atoms with Gasteiger partial charge in [-0.25, -0.2) is 0 Å². The predicted molar refractivity (Wildman–Crippen MR) is 101 cm³/mol. The number of likely N-dealkylation sites (tertiary alicyclic amines) is 2. The Bertz CT molecular complexity index is 612. The molecule has 3 rings (SSSR count). The molecule has 2 aliphatic rings. The van der Waals surface area contributed by atoms with Crippen LogP contribution in [0.15, 0.2) is 16.7 Å². The van der Waals surface area contributed by atoms with Crippen molar-refractivity contribution in [2.24, 2.45) is 5.92 Å². The van der Waals surface area contributed by atoms with E-state index in [1.165, 1.54) is 12.8 Å². The molecule has 0 radical (unpaired) electrons. The van der Waals surface area contributed by atoms with Crippen LogP contribution in [0.4, 0.5) is 0 Å². The first-order valence-electron chi connectivity index (χ1n) is 9.54. The number of hydrogen-bond donors (Lipinski definition) is 0. The van der Waals surface area contributed by atoms with Gasteiger partial charge in [0.15, 0.2) is 0 Å². The Morgan fingerprint density at radius 2 is 1.68 bits per heavy atom. The fraction of sp³-hybridized carbons (Fsp3) is 0.684. The molecule has 0 unspecified atom stereocenters. The molecule has 0 spiro atoms. The zero-order valence-electron chi connectivity index (χ0n) is 15.0. The van der Waals surface area contributed by atoms with E-state index in [1.807, 2.05) is 28.7 Å². The Hall–Kier alpha value is -1.30. The van der Waals surface area contributed by atoms with Crippen molar-refractivity contribution in [3.63, 3.8) is 0 Å². The molecule has 6 heteroatoms. The van der Waals surface area contributed by atoms with Gasteiger partial charge in [0.05, 0.1) is 0 Å². The molecule has 1 aromatic rings. The van der Waals surface area contributed by atoms with Crippen LogP contribution < -0.4 is 0 Å². The third-order valence-electron chi connectivity index (χ3n) is 5.47. The lowest BCUT2D eigenvalue weighted by Gasteiger charge is -2.34. The first-order valence-corrected chi connectivity index (χ1v) is 10.3. The molecule has 138 valence electrons. The third-order valence-corrected chi connectivity index (χ3v) is 5.91. The molecule has 25 heavy (non-hydrogen) atoms. The van der Waals surface area contributed by atoms with Gasteiger partial charge in [0.1, 0.15) is 5.69 Å². The number of aryl methyl sites for hydroxylation is 1. The normalized spacial score (nSPS) is 19.8. The van der Waals surface area contributed by atoms with Gasteiger partial charge in [0, 0.05) is 49.3 Å². The second-order valence-electron chi connectivity index (χ2n) is 7.14. The molecule has 3 heterocycles. The van der Waals surface area contributed by atoms with Gasteiger partial charge in [-0.1, -0.05) is 12.8 Å². The maximum Gasteiger partial charge on any atom is 0.270 e. The highest BCUT2D eigenvalue weighted by atomic mass is 79.9. The van der Waals surface area contributed by atoms with Gasteiger partial charge in [0.2, 0.25) is 5.91 Å². The Balaban J connectivity index is 1.57. The van der Waals surface area contributed by atoms with E-state index in [9.17, 15) is 9.59 Å². The van der Waals surface area contributed by atoms with Gasteiger partial charge >= 0.3 is 0 Å². The minimum absolute atomic E-state index is 0.0771. The molecule has 2 aliphatic heterocycles. The first kappa shape index (κ1) is 18.5. The zero-order valence-corrected chi connectivity index (χ0v) is 16.6. The van der Waals surface area contributed by atoms with Crippen LogP contribution in [0.1, 0.15) is 55.9 Å². The smallest absolute Gasteiger partial charge is 0.270 e. The lowest BCUT2D eigenvalue weighted by Crippen LogP contribution is -2.45. The molecule has 2 amide bonds. The topological polar surface area (TPSA) is 45.6 Å². The van der Waals surface area contributed by atoms with Crippen molar-refractivity contribution in [1.29, 1.82) is 0 Å². The lowest BCUT2D eigenvalue weighted by molar-refractivity contribution is -0.136. The van der Waals surface area contributed by atoms with Crippen molar-refractivity contribution < 1.29 is 9.59 Å². The summed E-state index contributed by atoms with van der Waals surface area (Å²) >= 11 is 3.45. The number of halogens is 1. The highest BCUT2D eigenvalue weighted by Gasteiger charge is 2.31. The van der Waals surface area contributed by atoms with Crippen LogP contribution in [0.2, 0.25) is 0 Å². The molecule has 2 fully saturated rings. The fourth-order valence-corrected chi connectivity index (χ4v) is 4.42. The van der Waals surface area contributed by atoms with Crippen molar-refractivity contribution >= 4 is 27.7 Å². The molecule has 0 saturated carbocycles. The van der Waals surface area contributed by atoms with E-state index in [2.05, 4.69) is 20.8 Å². The van der Waals surface area contributed by atoms with E-state index in [4.69, 9.17) is 0 Å². The Kier molecular flexibility index (Phi) is 6.20. The van der Waals surface area contributed by atoms with E-state index in [1.54, 1.807) is 0 Å². The van der Waals surface area contributed by atoms with E-state index in [0.29, 0.717) is 19.0 Å². The summed E-state index contributed by atoms with van der Waals surface area (Å²) in [6, 6.07) is 1.89. The zero-order chi connectivity index (χ0) is 17.8. The molecule has 5 nitrogen and oxygen atoms in total. The summed E-state index contributed by atoms with van der Waals surface area (Å²) in [6.45, 7) is 5.99. The van der Waals surface area contributed by atoms with Crippen LogP contribution in [0.25, 0.3) is 0 Å². The van der Waals surface area contributed by atoms with Gasteiger partial charge in [-0.05, 0) is 54.6 Å². The molecule has 0 N–H and O–H groups in total. The molecular formula is C19H28BrN3O2. The summed E-state index contributed by atoms with van der Waals surface area (Å²) in [7, 11) is 0. The van der Waals surface area contributed by atoms with Gasteiger partial charge in [0.25, 0.3) is 5.91 Å². The van der Waals surface area contributed by atoms with E-state index in [0.717, 1.165) is 55.5 Å². The summed E-state index contributed by atoms with van der Waals surface area (Å²) in [5.41, 5.74) is 0.728. The maximum atomic E-state index is 12.8. The van der Waals surface area contributed by atoms with Gasteiger partial charge in [-0.15, -0.1) is 0 Å². The number of hydrogen-bond acceptors (Lipinski definition) is 2. The van der Waals surface area contributed by atoms with E-state index in [-0.39, 0.29) is 11.8 Å². The second kappa shape index (κ2) is 8.39. The predicted octanol–water partition coefficient (Wildman–Crippen LogP) is 3.53. The van der Waals surface area contributed by atoms with E-state index < -0.39 is 0 Å². The van der Waals surface area contributed by atoms with Crippen LogP contribution in [-0.4, -0.2) is 52.4 Å². The van der Waals surface area contributed by atoms with Crippen LogP contribution in [-0.2, 0) is 11.3 Å². The number of amides is 2. The van der Waals surface area contributed by atoms with Gasteiger partial charge in [-0.3, -0.25) is 9.59 Å². The minimum Gasteiger partial charge on any atom is -0.343 e. The molecule has 0 bridgehead atoms. The second-order valence-corrected chi connectivity index (χ2v) is 8.05. The standard InChI is InChI=1S/C19H28BrN3O2/c1-2-21-14-16(20)13-17(21)19(25)23-11-7-15(8-12-23)18(24)22-9-5-3-4-6-10-22/h13-15H,2-12H2,1H3. The number of carbonyl (C=O) groups is 2. The molecule has 2 saturated heterocycles. The monoisotopic (exact) mass is 409 g/mol. The Labute approximate surface area is 158 Å². The molecule has 0 atom stereocenters. The highest BCUT2D eigenvalue weighted by molar-refractivity contribution is 9.10. The largest absolute Gasteiger partial charge is 0.343 e. The van der Waals surface area contributed by atoms with Crippen molar-refractivity contribution in [2.75, 3.05) is 26.2 Å². The van der Waals surface area contributed by atoms with Crippen molar-refractivity contribution in [3.8, 4) is 0 Å². The Morgan fingerprint density at radius 1 is 1.04 bits per heavy atom. The van der Waals surface area contributed by atoms with Gasteiger partial charge < -0.3 is 14.4 Å². The summed E-state index contributed by atoms with van der Waals surface area (Å²) in [4.78, 5) is 29.5. The van der Waals surface area contributed by atoms with Crippen LogP contribution in [0.3, 0.4) is 0 Å². The van der Waals surface area contributed by atoms with Crippen molar-refractivity contribution in [1.82, 2.24) is 14.4 Å². The summed E-state index contributed by atoms with van der Waals surface area (Å²) < 4.78 is 2.91. The van der Waals surface area contributed by atoms with E-state index >= 15 is 0 Å². The minimum atomic E-state index is 0.0771.